The highest BCUT2D eigenvalue weighted by molar-refractivity contribution is 6.04. The van der Waals surface area contributed by atoms with Crippen molar-refractivity contribution in [2.24, 2.45) is 0 Å². The standard InChI is InChI=1S/C22H22FN3O4/c1-14-9-19(16-5-7-29-8-6-16)30-22(28)20(14)21(27)25-18-11-24-26(13-18)12-15-3-2-4-17(23)10-15/h2-4,9-11,13,16H,5-8,12H2,1H3,(H,25,27). The first-order valence-corrected chi connectivity index (χ1v) is 9.80. The number of amides is 1. The van der Waals surface area contributed by atoms with Crippen LogP contribution in [0.5, 0.6) is 0 Å². The molecule has 1 aromatic carbocycles. The topological polar surface area (TPSA) is 86.4 Å². The van der Waals surface area contributed by atoms with E-state index in [4.69, 9.17) is 9.15 Å². The number of nitrogens with zero attached hydrogens (tertiary/aromatic N) is 2. The molecule has 1 aliphatic heterocycles. The summed E-state index contributed by atoms with van der Waals surface area (Å²) < 4.78 is 25.7. The lowest BCUT2D eigenvalue weighted by atomic mass is 9.95. The van der Waals surface area contributed by atoms with E-state index in [0.717, 1.165) is 18.4 Å². The maximum absolute atomic E-state index is 13.3. The molecule has 1 aliphatic rings. The Kier molecular flexibility index (Phi) is 5.76. The van der Waals surface area contributed by atoms with Gasteiger partial charge in [0.2, 0.25) is 0 Å². The molecule has 0 bridgehead atoms. The Balaban J connectivity index is 1.47. The molecular formula is C22H22FN3O4. The van der Waals surface area contributed by atoms with Crippen LogP contribution in [0.25, 0.3) is 0 Å². The molecule has 0 atom stereocenters. The highest BCUT2D eigenvalue weighted by Gasteiger charge is 2.23. The number of rotatable bonds is 5. The van der Waals surface area contributed by atoms with Crippen LogP contribution in [-0.4, -0.2) is 28.9 Å². The zero-order valence-electron chi connectivity index (χ0n) is 16.6. The second kappa shape index (κ2) is 8.62. The quantitative estimate of drug-likeness (QED) is 0.695. The first-order chi connectivity index (χ1) is 14.5. The molecule has 1 saturated heterocycles. The van der Waals surface area contributed by atoms with E-state index in [1.165, 1.54) is 18.3 Å². The largest absolute Gasteiger partial charge is 0.427 e. The number of carbonyl (C=O) groups is 1. The van der Waals surface area contributed by atoms with Crippen LogP contribution in [0.4, 0.5) is 10.1 Å². The van der Waals surface area contributed by atoms with Gasteiger partial charge in [0.15, 0.2) is 0 Å². The molecule has 3 heterocycles. The third-order valence-corrected chi connectivity index (χ3v) is 5.14. The van der Waals surface area contributed by atoms with Gasteiger partial charge in [-0.05, 0) is 49.1 Å². The average Bonchev–Trinajstić information content (AvgIpc) is 3.14. The maximum atomic E-state index is 13.3. The van der Waals surface area contributed by atoms with E-state index in [1.54, 1.807) is 36.0 Å². The molecule has 1 N–H and O–H groups in total. The molecule has 0 spiro atoms. The van der Waals surface area contributed by atoms with Crippen LogP contribution < -0.4 is 10.9 Å². The first-order valence-electron chi connectivity index (χ1n) is 9.80. The fraction of sp³-hybridized carbons (Fsp3) is 0.318. The number of aryl methyl sites for hydroxylation is 1. The van der Waals surface area contributed by atoms with E-state index >= 15 is 0 Å². The lowest BCUT2D eigenvalue weighted by molar-refractivity contribution is 0.0796. The summed E-state index contributed by atoms with van der Waals surface area (Å²) in [6, 6.07) is 7.98. The van der Waals surface area contributed by atoms with Crippen molar-refractivity contribution >= 4 is 11.6 Å². The van der Waals surface area contributed by atoms with Gasteiger partial charge in [-0.2, -0.15) is 5.10 Å². The van der Waals surface area contributed by atoms with Crippen molar-refractivity contribution < 1.29 is 18.3 Å². The van der Waals surface area contributed by atoms with Crippen molar-refractivity contribution in [3.63, 3.8) is 0 Å². The first kappa shape index (κ1) is 20.0. The Bertz CT molecular complexity index is 1120. The van der Waals surface area contributed by atoms with Gasteiger partial charge < -0.3 is 14.5 Å². The van der Waals surface area contributed by atoms with Gasteiger partial charge in [-0.25, -0.2) is 9.18 Å². The number of anilines is 1. The Morgan fingerprint density at radius 2 is 2.10 bits per heavy atom. The lowest BCUT2D eigenvalue weighted by Gasteiger charge is -2.21. The summed E-state index contributed by atoms with van der Waals surface area (Å²) in [7, 11) is 0. The SMILES string of the molecule is Cc1cc(C2CCOCC2)oc(=O)c1C(=O)Nc1cnn(Cc2cccc(F)c2)c1. The van der Waals surface area contributed by atoms with Gasteiger partial charge in [0, 0.05) is 25.3 Å². The summed E-state index contributed by atoms with van der Waals surface area (Å²) in [5.74, 6) is -0.145. The molecule has 0 saturated carbocycles. The molecule has 2 aromatic heterocycles. The van der Waals surface area contributed by atoms with Crippen molar-refractivity contribution in [2.75, 3.05) is 18.5 Å². The van der Waals surface area contributed by atoms with Crippen molar-refractivity contribution in [3.05, 3.63) is 81.4 Å². The fourth-order valence-corrected chi connectivity index (χ4v) is 3.62. The van der Waals surface area contributed by atoms with Crippen molar-refractivity contribution in [1.29, 1.82) is 0 Å². The summed E-state index contributed by atoms with van der Waals surface area (Å²) in [4.78, 5) is 25.2. The van der Waals surface area contributed by atoms with E-state index in [1.807, 2.05) is 0 Å². The number of hydrogen-bond acceptors (Lipinski definition) is 5. The number of nitrogens with one attached hydrogen (secondary N) is 1. The number of ether oxygens (including phenoxy) is 1. The number of benzene rings is 1. The second-order valence-electron chi connectivity index (χ2n) is 7.39. The number of hydrogen-bond donors (Lipinski definition) is 1. The minimum Gasteiger partial charge on any atom is -0.427 e. The number of aromatic nitrogens is 2. The minimum atomic E-state index is -0.652. The van der Waals surface area contributed by atoms with Crippen molar-refractivity contribution in [2.45, 2.75) is 32.2 Å². The highest BCUT2D eigenvalue weighted by Crippen LogP contribution is 2.27. The van der Waals surface area contributed by atoms with Gasteiger partial charge in [0.05, 0.1) is 18.4 Å². The molecule has 0 radical (unpaired) electrons. The molecule has 7 nitrogen and oxygen atoms in total. The van der Waals surface area contributed by atoms with E-state index in [2.05, 4.69) is 10.4 Å². The van der Waals surface area contributed by atoms with Crippen LogP contribution in [0.1, 0.15) is 46.0 Å². The van der Waals surface area contributed by atoms with Crippen LogP contribution in [-0.2, 0) is 11.3 Å². The van der Waals surface area contributed by atoms with Crippen LogP contribution in [0.3, 0.4) is 0 Å². The summed E-state index contributed by atoms with van der Waals surface area (Å²) in [6.07, 6.45) is 4.68. The Morgan fingerprint density at radius 1 is 1.30 bits per heavy atom. The van der Waals surface area contributed by atoms with Crippen LogP contribution >= 0.6 is 0 Å². The predicted octanol–water partition coefficient (Wildman–Crippen LogP) is 3.48. The predicted molar refractivity (Wildman–Crippen MR) is 108 cm³/mol. The Hall–Kier alpha value is -3.26. The van der Waals surface area contributed by atoms with E-state index in [0.29, 0.717) is 36.8 Å². The number of halogens is 1. The Morgan fingerprint density at radius 3 is 2.83 bits per heavy atom. The monoisotopic (exact) mass is 411 g/mol. The van der Waals surface area contributed by atoms with Gasteiger partial charge in [-0.1, -0.05) is 12.1 Å². The summed E-state index contributed by atoms with van der Waals surface area (Å²) in [6.45, 7) is 3.35. The van der Waals surface area contributed by atoms with Crippen molar-refractivity contribution in [3.8, 4) is 0 Å². The molecule has 0 aliphatic carbocycles. The fourth-order valence-electron chi connectivity index (χ4n) is 3.62. The molecule has 8 heteroatoms. The molecule has 4 rings (SSSR count). The average molecular weight is 411 g/mol. The van der Waals surface area contributed by atoms with Gasteiger partial charge in [-0.15, -0.1) is 0 Å². The molecule has 156 valence electrons. The van der Waals surface area contributed by atoms with E-state index < -0.39 is 11.5 Å². The van der Waals surface area contributed by atoms with Crippen molar-refractivity contribution in [1.82, 2.24) is 9.78 Å². The molecule has 3 aromatic rings. The lowest BCUT2D eigenvalue weighted by Crippen LogP contribution is -2.24. The van der Waals surface area contributed by atoms with E-state index in [-0.39, 0.29) is 17.3 Å². The highest BCUT2D eigenvalue weighted by atomic mass is 19.1. The summed E-state index contributed by atoms with van der Waals surface area (Å²) >= 11 is 0. The zero-order chi connectivity index (χ0) is 21.1. The van der Waals surface area contributed by atoms with Gasteiger partial charge in [0.1, 0.15) is 17.1 Å². The second-order valence-corrected chi connectivity index (χ2v) is 7.39. The summed E-state index contributed by atoms with van der Waals surface area (Å²) in [5.41, 5.74) is 1.07. The maximum Gasteiger partial charge on any atom is 0.349 e. The zero-order valence-corrected chi connectivity index (χ0v) is 16.6. The van der Waals surface area contributed by atoms with Gasteiger partial charge in [0.25, 0.3) is 5.91 Å². The molecule has 1 amide bonds. The molecular weight excluding hydrogens is 389 g/mol. The van der Waals surface area contributed by atoms with Crippen LogP contribution in [0, 0.1) is 12.7 Å². The van der Waals surface area contributed by atoms with Crippen LogP contribution in [0.15, 0.2) is 51.9 Å². The normalized spacial score (nSPS) is 14.6. The number of carbonyl (C=O) groups excluding carboxylic acids is 1. The van der Waals surface area contributed by atoms with Gasteiger partial charge in [-0.3, -0.25) is 9.48 Å². The van der Waals surface area contributed by atoms with E-state index in [9.17, 15) is 14.0 Å². The minimum absolute atomic E-state index is 0.0244. The van der Waals surface area contributed by atoms with Gasteiger partial charge >= 0.3 is 5.63 Å². The Labute approximate surface area is 172 Å². The molecule has 30 heavy (non-hydrogen) atoms. The smallest absolute Gasteiger partial charge is 0.349 e. The molecule has 1 fully saturated rings. The third-order valence-electron chi connectivity index (χ3n) is 5.14. The third kappa shape index (κ3) is 4.49. The molecule has 0 unspecified atom stereocenters. The summed E-state index contributed by atoms with van der Waals surface area (Å²) in [5, 5.41) is 6.85. The van der Waals surface area contributed by atoms with Crippen LogP contribution in [0.2, 0.25) is 0 Å².